The Bertz CT molecular complexity index is 766. The summed E-state index contributed by atoms with van der Waals surface area (Å²) >= 11 is 0. The maximum absolute atomic E-state index is 12.5. The molecule has 1 aliphatic heterocycles. The number of carbonyl (C=O) groups excluding carboxylic acids is 3. The van der Waals surface area contributed by atoms with E-state index in [1.807, 2.05) is 0 Å². The molecule has 1 aromatic carbocycles. The number of carbonyl (C=O) groups is 3. The first-order valence-electron chi connectivity index (χ1n) is 8.98. The average Bonchev–Trinajstić information content (AvgIpc) is 2.71. The predicted octanol–water partition coefficient (Wildman–Crippen LogP) is 1.74. The molecule has 2 rings (SSSR count). The van der Waals surface area contributed by atoms with E-state index in [4.69, 9.17) is 9.47 Å². The lowest BCUT2D eigenvalue weighted by Gasteiger charge is -2.33. The van der Waals surface area contributed by atoms with Gasteiger partial charge in [-0.25, -0.2) is 9.59 Å². The summed E-state index contributed by atoms with van der Waals surface area (Å²) in [7, 11) is 1.53. The molecule has 1 aromatic rings. The number of likely N-dealkylation sites (tertiary alicyclic amines) is 1. The fraction of sp³-hybridized carbons (Fsp3) is 0.500. The number of hydrogen-bond acceptors (Lipinski definition) is 8. The van der Waals surface area contributed by atoms with Gasteiger partial charge in [0.25, 0.3) is 11.6 Å². The molecule has 10 heteroatoms. The van der Waals surface area contributed by atoms with Gasteiger partial charge in [-0.3, -0.25) is 14.9 Å². The van der Waals surface area contributed by atoms with Crippen LogP contribution in [0.3, 0.4) is 0 Å². The third-order valence-corrected chi connectivity index (χ3v) is 4.41. The van der Waals surface area contributed by atoms with Gasteiger partial charge in [0.05, 0.1) is 17.1 Å². The zero-order valence-corrected chi connectivity index (χ0v) is 15.8. The van der Waals surface area contributed by atoms with Gasteiger partial charge in [-0.15, -0.1) is 0 Å². The van der Waals surface area contributed by atoms with Crippen LogP contribution >= 0.6 is 0 Å². The summed E-state index contributed by atoms with van der Waals surface area (Å²) in [6.07, 6.45) is 2.04. The molecule has 152 valence electrons. The highest BCUT2D eigenvalue weighted by Gasteiger charge is 2.33. The maximum atomic E-state index is 12.5. The lowest BCUT2D eigenvalue weighted by molar-refractivity contribution is -0.384. The molecule has 0 aromatic heterocycles. The second-order valence-corrected chi connectivity index (χ2v) is 6.17. The number of ether oxygens (including phenoxy) is 2. The van der Waals surface area contributed by atoms with Crippen molar-refractivity contribution in [2.24, 2.45) is 0 Å². The van der Waals surface area contributed by atoms with Crippen LogP contribution in [-0.4, -0.2) is 60.5 Å². The average molecular weight is 393 g/mol. The first kappa shape index (κ1) is 21.1. The number of benzene rings is 1. The molecule has 1 saturated heterocycles. The number of nitro groups is 1. The second-order valence-electron chi connectivity index (χ2n) is 6.17. The Balaban J connectivity index is 2.03. The molecule has 1 N–H and O–H groups in total. The van der Waals surface area contributed by atoms with Crippen molar-refractivity contribution in [3.8, 4) is 0 Å². The number of rotatable bonds is 7. The normalized spacial score (nSPS) is 16.2. The van der Waals surface area contributed by atoms with E-state index in [2.05, 4.69) is 5.32 Å². The van der Waals surface area contributed by atoms with Crippen LogP contribution in [-0.2, 0) is 19.1 Å². The molecule has 1 amide bonds. The van der Waals surface area contributed by atoms with Crippen LogP contribution in [0.15, 0.2) is 18.2 Å². The second kappa shape index (κ2) is 9.67. The zero-order chi connectivity index (χ0) is 20.7. The minimum absolute atomic E-state index is 0.0425. The molecule has 0 aliphatic carbocycles. The number of amides is 1. The summed E-state index contributed by atoms with van der Waals surface area (Å²) in [6.45, 7) is 1.72. The standard InChI is InChI=1S/C18H23N3O7/c1-3-27-18(24)14-6-4-5-9-20(14)16(22)11-28-17(23)12-7-8-13(19-2)15(10-12)21(25)26/h7-8,10,14,19H,3-6,9,11H2,1-2H3/t14-/m0/s1. The van der Waals surface area contributed by atoms with Crippen LogP contribution in [0.1, 0.15) is 36.5 Å². The van der Waals surface area contributed by atoms with Crippen molar-refractivity contribution in [1.29, 1.82) is 0 Å². The third-order valence-electron chi connectivity index (χ3n) is 4.41. The smallest absolute Gasteiger partial charge is 0.338 e. The summed E-state index contributed by atoms with van der Waals surface area (Å²) in [6, 6.07) is 3.16. The van der Waals surface area contributed by atoms with Gasteiger partial charge in [0, 0.05) is 19.7 Å². The SMILES string of the molecule is CCOC(=O)[C@@H]1CCCCN1C(=O)COC(=O)c1ccc(NC)c([N+](=O)[O-])c1. The van der Waals surface area contributed by atoms with Crippen LogP contribution in [0.2, 0.25) is 0 Å². The van der Waals surface area contributed by atoms with Crippen molar-refractivity contribution in [3.63, 3.8) is 0 Å². The minimum Gasteiger partial charge on any atom is -0.464 e. The highest BCUT2D eigenvalue weighted by Crippen LogP contribution is 2.25. The van der Waals surface area contributed by atoms with Crippen LogP contribution in [0, 0.1) is 10.1 Å². The number of nitrogens with one attached hydrogen (secondary N) is 1. The topological polar surface area (TPSA) is 128 Å². The molecule has 1 atom stereocenters. The van der Waals surface area contributed by atoms with Gasteiger partial charge in [0.15, 0.2) is 6.61 Å². The van der Waals surface area contributed by atoms with Gasteiger partial charge in [0.2, 0.25) is 0 Å². The van der Waals surface area contributed by atoms with E-state index in [0.29, 0.717) is 13.0 Å². The van der Waals surface area contributed by atoms with E-state index < -0.39 is 35.4 Å². The van der Waals surface area contributed by atoms with Crippen LogP contribution in [0.25, 0.3) is 0 Å². The van der Waals surface area contributed by atoms with E-state index >= 15 is 0 Å². The highest BCUT2D eigenvalue weighted by atomic mass is 16.6. The maximum Gasteiger partial charge on any atom is 0.338 e. The van der Waals surface area contributed by atoms with Crippen molar-refractivity contribution < 1.29 is 28.8 Å². The number of nitrogens with zero attached hydrogens (tertiary/aromatic N) is 2. The summed E-state index contributed by atoms with van der Waals surface area (Å²) in [5.74, 6) is -1.84. The molecule has 0 spiro atoms. The quantitative estimate of drug-likeness (QED) is 0.421. The first-order chi connectivity index (χ1) is 13.4. The summed E-state index contributed by atoms with van der Waals surface area (Å²) in [5, 5.41) is 13.8. The van der Waals surface area contributed by atoms with E-state index in [1.165, 1.54) is 24.1 Å². The monoisotopic (exact) mass is 393 g/mol. The molecule has 28 heavy (non-hydrogen) atoms. The predicted molar refractivity (Wildman–Crippen MR) is 98.9 cm³/mol. The molecule has 0 bridgehead atoms. The van der Waals surface area contributed by atoms with Crippen molar-refractivity contribution >= 4 is 29.2 Å². The lowest BCUT2D eigenvalue weighted by atomic mass is 10.0. The fourth-order valence-electron chi connectivity index (χ4n) is 3.03. The molecule has 0 radical (unpaired) electrons. The number of esters is 2. The molecule has 1 heterocycles. The van der Waals surface area contributed by atoms with Gasteiger partial charge in [-0.05, 0) is 38.3 Å². The van der Waals surface area contributed by atoms with Gasteiger partial charge in [-0.1, -0.05) is 0 Å². The van der Waals surface area contributed by atoms with Crippen LogP contribution in [0.4, 0.5) is 11.4 Å². The van der Waals surface area contributed by atoms with E-state index in [-0.39, 0.29) is 23.5 Å². The van der Waals surface area contributed by atoms with E-state index in [1.54, 1.807) is 6.92 Å². The Labute approximate surface area is 161 Å². The largest absolute Gasteiger partial charge is 0.464 e. The van der Waals surface area contributed by atoms with Crippen molar-refractivity contribution in [2.75, 3.05) is 32.1 Å². The van der Waals surface area contributed by atoms with Gasteiger partial charge in [-0.2, -0.15) is 0 Å². The number of hydrogen-bond donors (Lipinski definition) is 1. The van der Waals surface area contributed by atoms with Crippen LogP contribution < -0.4 is 5.32 Å². The Morgan fingerprint density at radius 2 is 2.04 bits per heavy atom. The molecular formula is C18H23N3O7. The minimum atomic E-state index is -0.858. The van der Waals surface area contributed by atoms with E-state index in [9.17, 15) is 24.5 Å². The van der Waals surface area contributed by atoms with Crippen molar-refractivity contribution in [2.45, 2.75) is 32.2 Å². The molecule has 0 saturated carbocycles. The molecule has 1 fully saturated rings. The Morgan fingerprint density at radius 3 is 2.68 bits per heavy atom. The Morgan fingerprint density at radius 1 is 1.29 bits per heavy atom. The van der Waals surface area contributed by atoms with Crippen molar-refractivity contribution in [1.82, 2.24) is 4.90 Å². The third kappa shape index (κ3) is 4.96. The highest BCUT2D eigenvalue weighted by molar-refractivity contribution is 5.93. The molecule has 0 unspecified atom stereocenters. The van der Waals surface area contributed by atoms with Crippen LogP contribution in [0.5, 0.6) is 0 Å². The molecule has 10 nitrogen and oxygen atoms in total. The molecular weight excluding hydrogens is 370 g/mol. The van der Waals surface area contributed by atoms with E-state index in [0.717, 1.165) is 18.9 Å². The Hall–Kier alpha value is -3.17. The number of nitro benzene ring substituents is 1. The number of anilines is 1. The van der Waals surface area contributed by atoms with Gasteiger partial charge >= 0.3 is 11.9 Å². The Kier molecular flexibility index (Phi) is 7.30. The zero-order valence-electron chi connectivity index (χ0n) is 15.8. The number of piperidine rings is 1. The summed E-state index contributed by atoms with van der Waals surface area (Å²) in [4.78, 5) is 48.5. The summed E-state index contributed by atoms with van der Waals surface area (Å²) in [5.41, 5.74) is -0.0657. The van der Waals surface area contributed by atoms with Gasteiger partial charge in [0.1, 0.15) is 11.7 Å². The first-order valence-corrected chi connectivity index (χ1v) is 8.98. The fourth-order valence-corrected chi connectivity index (χ4v) is 3.03. The summed E-state index contributed by atoms with van der Waals surface area (Å²) < 4.78 is 10.0. The molecule has 1 aliphatic rings. The van der Waals surface area contributed by atoms with Crippen molar-refractivity contribution in [3.05, 3.63) is 33.9 Å². The lowest BCUT2D eigenvalue weighted by Crippen LogP contribution is -2.50. The van der Waals surface area contributed by atoms with Gasteiger partial charge < -0.3 is 19.7 Å².